The minimum atomic E-state index is -0.510. The molecule has 2 N–H and O–H groups in total. The Balaban J connectivity index is 2.09. The lowest BCUT2D eigenvalue weighted by molar-refractivity contribution is 0.304. The van der Waals surface area contributed by atoms with Crippen LogP contribution in [0.3, 0.4) is 0 Å². The third-order valence-electron chi connectivity index (χ3n) is 2.60. The van der Waals surface area contributed by atoms with Crippen LogP contribution in [-0.4, -0.2) is 4.99 Å². The molecule has 0 aromatic heterocycles. The summed E-state index contributed by atoms with van der Waals surface area (Å²) in [6.45, 7) is 0.253. The molecule has 6 heteroatoms. The number of hydrogen-bond donors (Lipinski definition) is 1. The Kier molecular flexibility index (Phi) is 4.81. The fourth-order valence-electron chi connectivity index (χ4n) is 1.58. The van der Waals surface area contributed by atoms with Gasteiger partial charge in [0.15, 0.2) is 0 Å². The molecule has 0 unspecified atom stereocenters. The van der Waals surface area contributed by atoms with Crippen LogP contribution < -0.4 is 10.5 Å². The Morgan fingerprint density at radius 1 is 1.15 bits per heavy atom. The second kappa shape index (κ2) is 6.39. The van der Waals surface area contributed by atoms with E-state index in [1.165, 1.54) is 12.1 Å². The standard InChI is InChI=1S/C14H10Cl2FNOS/c15-11-4-1-8(5-12(11)16)7-19-9-2-3-10(14(18)20)13(17)6-9/h1-6H,7H2,(H2,18,20). The number of hydrogen-bond acceptors (Lipinski definition) is 2. The van der Waals surface area contributed by atoms with Gasteiger partial charge in [-0.3, -0.25) is 0 Å². The van der Waals surface area contributed by atoms with Crippen LogP contribution in [0.1, 0.15) is 11.1 Å². The summed E-state index contributed by atoms with van der Waals surface area (Å²) >= 11 is 16.5. The van der Waals surface area contributed by atoms with Gasteiger partial charge in [-0.1, -0.05) is 41.5 Å². The smallest absolute Gasteiger partial charge is 0.137 e. The van der Waals surface area contributed by atoms with Crippen LogP contribution in [0.2, 0.25) is 10.0 Å². The Hall–Kier alpha value is -1.36. The minimum Gasteiger partial charge on any atom is -0.489 e. The monoisotopic (exact) mass is 329 g/mol. The summed E-state index contributed by atoms with van der Waals surface area (Å²) in [5, 5.41) is 0.921. The fraction of sp³-hybridized carbons (Fsp3) is 0.0714. The van der Waals surface area contributed by atoms with Crippen molar-refractivity contribution in [1.82, 2.24) is 0 Å². The predicted molar refractivity (Wildman–Crippen MR) is 83.1 cm³/mol. The van der Waals surface area contributed by atoms with E-state index in [2.05, 4.69) is 0 Å². The maximum Gasteiger partial charge on any atom is 0.137 e. The van der Waals surface area contributed by atoms with Crippen molar-refractivity contribution < 1.29 is 9.13 Å². The number of halogens is 3. The van der Waals surface area contributed by atoms with Crippen LogP contribution >= 0.6 is 35.4 Å². The summed E-state index contributed by atoms with van der Waals surface area (Å²) in [7, 11) is 0. The van der Waals surface area contributed by atoms with Crippen molar-refractivity contribution in [3.63, 3.8) is 0 Å². The molecule has 2 aromatic rings. The second-order valence-electron chi connectivity index (χ2n) is 4.04. The number of ether oxygens (including phenoxy) is 1. The molecule has 20 heavy (non-hydrogen) atoms. The Morgan fingerprint density at radius 3 is 2.50 bits per heavy atom. The SMILES string of the molecule is NC(=S)c1ccc(OCc2ccc(Cl)c(Cl)c2)cc1F. The van der Waals surface area contributed by atoms with Crippen molar-refractivity contribution in [2.45, 2.75) is 6.61 Å². The van der Waals surface area contributed by atoms with E-state index in [0.29, 0.717) is 15.8 Å². The summed E-state index contributed by atoms with van der Waals surface area (Å²) in [6, 6.07) is 9.50. The molecule has 0 aliphatic rings. The van der Waals surface area contributed by atoms with Crippen molar-refractivity contribution in [2.75, 3.05) is 0 Å². The lowest BCUT2D eigenvalue weighted by atomic mass is 10.2. The van der Waals surface area contributed by atoms with E-state index < -0.39 is 5.82 Å². The molecule has 0 saturated heterocycles. The highest BCUT2D eigenvalue weighted by Crippen LogP contribution is 2.24. The Morgan fingerprint density at radius 2 is 1.90 bits per heavy atom. The maximum atomic E-state index is 13.7. The zero-order valence-electron chi connectivity index (χ0n) is 10.2. The van der Waals surface area contributed by atoms with Gasteiger partial charge in [-0.15, -0.1) is 0 Å². The number of nitrogens with two attached hydrogens (primary N) is 1. The molecule has 104 valence electrons. The van der Waals surface area contributed by atoms with Gasteiger partial charge in [-0.2, -0.15) is 0 Å². The summed E-state index contributed by atoms with van der Waals surface area (Å²) in [6.07, 6.45) is 0. The van der Waals surface area contributed by atoms with Gasteiger partial charge >= 0.3 is 0 Å². The molecular weight excluding hydrogens is 320 g/mol. The molecule has 0 amide bonds. The summed E-state index contributed by atoms with van der Waals surface area (Å²) in [5.41, 5.74) is 6.41. The molecule has 0 fully saturated rings. The molecule has 0 aliphatic carbocycles. The van der Waals surface area contributed by atoms with E-state index in [9.17, 15) is 4.39 Å². The number of benzene rings is 2. The zero-order valence-corrected chi connectivity index (χ0v) is 12.5. The van der Waals surface area contributed by atoms with Gasteiger partial charge < -0.3 is 10.5 Å². The molecule has 2 rings (SSSR count). The predicted octanol–water partition coefficient (Wildman–Crippen LogP) is 4.35. The van der Waals surface area contributed by atoms with E-state index in [1.54, 1.807) is 24.3 Å². The Bertz CT molecular complexity index is 664. The quantitative estimate of drug-likeness (QED) is 0.847. The first-order valence-electron chi connectivity index (χ1n) is 5.63. The first-order valence-corrected chi connectivity index (χ1v) is 6.80. The van der Waals surface area contributed by atoms with Crippen molar-refractivity contribution in [1.29, 1.82) is 0 Å². The van der Waals surface area contributed by atoms with Crippen LogP contribution in [0.5, 0.6) is 5.75 Å². The van der Waals surface area contributed by atoms with Crippen molar-refractivity contribution in [3.8, 4) is 5.75 Å². The average molecular weight is 330 g/mol. The van der Waals surface area contributed by atoms with Crippen LogP contribution in [0.4, 0.5) is 4.39 Å². The fourth-order valence-corrected chi connectivity index (χ4v) is 2.07. The van der Waals surface area contributed by atoms with Crippen molar-refractivity contribution >= 4 is 40.4 Å². The van der Waals surface area contributed by atoms with Crippen LogP contribution in [0.15, 0.2) is 36.4 Å². The first kappa shape index (κ1) is 15.0. The van der Waals surface area contributed by atoms with Gasteiger partial charge in [0.1, 0.15) is 23.2 Å². The van der Waals surface area contributed by atoms with E-state index in [1.807, 2.05) is 0 Å². The third kappa shape index (κ3) is 3.60. The lowest BCUT2D eigenvalue weighted by Gasteiger charge is -2.08. The van der Waals surface area contributed by atoms with Crippen molar-refractivity contribution in [2.24, 2.45) is 5.73 Å². The molecule has 0 heterocycles. The molecule has 0 spiro atoms. The van der Waals surface area contributed by atoms with Crippen molar-refractivity contribution in [3.05, 3.63) is 63.4 Å². The van der Waals surface area contributed by atoms with Crippen LogP contribution in [0, 0.1) is 5.82 Å². The minimum absolute atomic E-state index is 0.0125. The molecule has 0 radical (unpaired) electrons. The van der Waals surface area contributed by atoms with E-state index in [4.69, 9.17) is 45.9 Å². The molecule has 2 nitrogen and oxygen atoms in total. The summed E-state index contributed by atoms with van der Waals surface area (Å²) < 4.78 is 19.1. The second-order valence-corrected chi connectivity index (χ2v) is 5.30. The van der Waals surface area contributed by atoms with Gasteiger partial charge in [0.05, 0.1) is 10.0 Å². The topological polar surface area (TPSA) is 35.2 Å². The average Bonchev–Trinajstić information content (AvgIpc) is 2.40. The largest absolute Gasteiger partial charge is 0.489 e. The van der Waals surface area contributed by atoms with Gasteiger partial charge in [-0.25, -0.2) is 4.39 Å². The third-order valence-corrected chi connectivity index (χ3v) is 3.55. The maximum absolute atomic E-state index is 13.7. The van der Waals surface area contributed by atoms with E-state index in [0.717, 1.165) is 5.56 Å². The van der Waals surface area contributed by atoms with Crippen LogP contribution in [0.25, 0.3) is 0 Å². The normalized spacial score (nSPS) is 10.3. The van der Waals surface area contributed by atoms with Gasteiger partial charge in [0, 0.05) is 11.6 Å². The van der Waals surface area contributed by atoms with Crippen LogP contribution in [-0.2, 0) is 6.61 Å². The van der Waals surface area contributed by atoms with E-state index >= 15 is 0 Å². The highest BCUT2D eigenvalue weighted by Gasteiger charge is 2.07. The number of thiocarbonyl (C=S) groups is 1. The lowest BCUT2D eigenvalue weighted by Crippen LogP contribution is -2.11. The first-order chi connectivity index (χ1) is 9.47. The molecule has 0 bridgehead atoms. The summed E-state index contributed by atoms with van der Waals surface area (Å²) in [4.78, 5) is 0.0125. The van der Waals surface area contributed by atoms with Gasteiger partial charge in [0.25, 0.3) is 0 Å². The summed E-state index contributed by atoms with van der Waals surface area (Å²) in [5.74, 6) is -0.127. The molecule has 2 aromatic carbocycles. The van der Waals surface area contributed by atoms with E-state index in [-0.39, 0.29) is 17.2 Å². The Labute approximate surface area is 131 Å². The molecule has 0 aliphatic heterocycles. The highest BCUT2D eigenvalue weighted by atomic mass is 35.5. The molecule has 0 atom stereocenters. The molecular formula is C14H10Cl2FNOS. The number of rotatable bonds is 4. The van der Waals surface area contributed by atoms with Gasteiger partial charge in [0.2, 0.25) is 0 Å². The zero-order chi connectivity index (χ0) is 14.7. The molecule has 0 saturated carbocycles. The highest BCUT2D eigenvalue weighted by molar-refractivity contribution is 7.80. The van der Waals surface area contributed by atoms with Gasteiger partial charge in [-0.05, 0) is 29.8 Å².